The standard InChI is InChI=1S/C14H23NO4S2/c1-4-20-8-7-11(2)15-21(17,18)13-5-6-14(19-3)12(9-13)10-16/h5-6,9,11,15-16H,4,7-8,10H2,1-3H3. The predicted octanol–water partition coefficient (Wildman–Crippen LogP) is 2.00. The molecule has 7 heteroatoms. The van der Waals surface area contributed by atoms with Crippen molar-refractivity contribution in [3.8, 4) is 5.75 Å². The van der Waals surface area contributed by atoms with Gasteiger partial charge in [0, 0.05) is 11.6 Å². The summed E-state index contributed by atoms with van der Waals surface area (Å²) < 4.78 is 32.3. The molecular formula is C14H23NO4S2. The van der Waals surface area contributed by atoms with Crippen molar-refractivity contribution < 1.29 is 18.3 Å². The Morgan fingerprint density at radius 1 is 1.43 bits per heavy atom. The Hall–Kier alpha value is -0.760. The van der Waals surface area contributed by atoms with Crippen molar-refractivity contribution in [1.82, 2.24) is 4.72 Å². The average molecular weight is 333 g/mol. The SMILES string of the molecule is CCSCCC(C)NS(=O)(=O)c1ccc(OC)c(CO)c1. The summed E-state index contributed by atoms with van der Waals surface area (Å²) in [5.74, 6) is 2.42. The second-order valence-corrected chi connectivity index (χ2v) is 7.75. The minimum atomic E-state index is -3.58. The summed E-state index contributed by atoms with van der Waals surface area (Å²) in [6, 6.07) is 4.34. The van der Waals surface area contributed by atoms with Crippen molar-refractivity contribution in [2.45, 2.75) is 37.8 Å². The number of aliphatic hydroxyl groups excluding tert-OH is 1. The van der Waals surface area contributed by atoms with Gasteiger partial charge in [0.2, 0.25) is 10.0 Å². The summed E-state index contributed by atoms with van der Waals surface area (Å²) in [6.07, 6.45) is 0.779. The molecular weight excluding hydrogens is 310 g/mol. The highest BCUT2D eigenvalue weighted by Crippen LogP contribution is 2.22. The maximum absolute atomic E-state index is 12.3. The Balaban J connectivity index is 2.82. The summed E-state index contributed by atoms with van der Waals surface area (Å²) in [5, 5.41) is 9.27. The third-order valence-corrected chi connectivity index (χ3v) is 5.51. The monoisotopic (exact) mass is 333 g/mol. The molecule has 0 aliphatic rings. The van der Waals surface area contributed by atoms with Gasteiger partial charge in [0.1, 0.15) is 5.75 Å². The highest BCUT2D eigenvalue weighted by Gasteiger charge is 2.18. The van der Waals surface area contributed by atoms with Crippen LogP contribution in [-0.2, 0) is 16.6 Å². The van der Waals surface area contributed by atoms with Gasteiger partial charge in [-0.2, -0.15) is 11.8 Å². The molecule has 0 aliphatic heterocycles. The minimum Gasteiger partial charge on any atom is -0.496 e. The van der Waals surface area contributed by atoms with Crippen LogP contribution in [0, 0.1) is 0 Å². The van der Waals surface area contributed by atoms with E-state index in [-0.39, 0.29) is 17.5 Å². The molecule has 120 valence electrons. The number of sulfonamides is 1. The summed E-state index contributed by atoms with van der Waals surface area (Å²) >= 11 is 1.78. The number of benzene rings is 1. The van der Waals surface area contributed by atoms with Gasteiger partial charge in [0.25, 0.3) is 0 Å². The van der Waals surface area contributed by atoms with Crippen LogP contribution in [-0.4, -0.2) is 38.2 Å². The number of ether oxygens (including phenoxy) is 1. The first-order chi connectivity index (χ1) is 9.94. The molecule has 0 saturated heterocycles. The van der Waals surface area contributed by atoms with Crippen LogP contribution in [0.25, 0.3) is 0 Å². The molecule has 1 rings (SSSR count). The van der Waals surface area contributed by atoms with E-state index in [1.165, 1.54) is 19.2 Å². The van der Waals surface area contributed by atoms with Crippen LogP contribution >= 0.6 is 11.8 Å². The molecule has 5 nitrogen and oxygen atoms in total. The number of nitrogens with one attached hydrogen (secondary N) is 1. The highest BCUT2D eigenvalue weighted by molar-refractivity contribution is 7.99. The Morgan fingerprint density at radius 2 is 2.14 bits per heavy atom. The highest BCUT2D eigenvalue weighted by atomic mass is 32.2. The van der Waals surface area contributed by atoms with Gasteiger partial charge < -0.3 is 9.84 Å². The van der Waals surface area contributed by atoms with Gasteiger partial charge in [-0.25, -0.2) is 13.1 Å². The van der Waals surface area contributed by atoms with Gasteiger partial charge in [0.15, 0.2) is 0 Å². The van der Waals surface area contributed by atoms with Crippen LogP contribution in [0.1, 0.15) is 25.8 Å². The zero-order chi connectivity index (χ0) is 15.9. The van der Waals surface area contributed by atoms with Crippen molar-refractivity contribution in [3.05, 3.63) is 23.8 Å². The molecule has 1 aromatic rings. The lowest BCUT2D eigenvalue weighted by Crippen LogP contribution is -2.33. The topological polar surface area (TPSA) is 75.6 Å². The molecule has 0 aliphatic carbocycles. The van der Waals surface area contributed by atoms with Gasteiger partial charge in [-0.05, 0) is 43.0 Å². The van der Waals surface area contributed by atoms with Crippen LogP contribution in [0.5, 0.6) is 5.75 Å². The number of rotatable bonds is 9. The Labute approximate surface area is 131 Å². The van der Waals surface area contributed by atoms with E-state index in [0.717, 1.165) is 17.9 Å². The maximum atomic E-state index is 12.3. The molecule has 0 fully saturated rings. The Bertz CT molecular complexity index is 546. The number of aliphatic hydroxyl groups is 1. The molecule has 0 saturated carbocycles. The van der Waals surface area contributed by atoms with E-state index in [1.807, 2.05) is 6.92 Å². The van der Waals surface area contributed by atoms with Crippen molar-refractivity contribution in [2.24, 2.45) is 0 Å². The smallest absolute Gasteiger partial charge is 0.240 e. The lowest BCUT2D eigenvalue weighted by molar-refractivity contribution is 0.273. The van der Waals surface area contributed by atoms with E-state index in [2.05, 4.69) is 11.6 Å². The van der Waals surface area contributed by atoms with E-state index < -0.39 is 10.0 Å². The summed E-state index contributed by atoms with van der Waals surface area (Å²) in [5.41, 5.74) is 0.453. The largest absolute Gasteiger partial charge is 0.496 e. The van der Waals surface area contributed by atoms with Crippen LogP contribution in [0.4, 0.5) is 0 Å². The molecule has 1 atom stereocenters. The number of methoxy groups -OCH3 is 1. The van der Waals surface area contributed by atoms with Gasteiger partial charge >= 0.3 is 0 Å². The molecule has 0 spiro atoms. The molecule has 0 amide bonds. The number of thioether (sulfide) groups is 1. The fraction of sp³-hybridized carbons (Fsp3) is 0.571. The molecule has 0 heterocycles. The van der Waals surface area contributed by atoms with Crippen LogP contribution in [0.2, 0.25) is 0 Å². The predicted molar refractivity (Wildman–Crippen MR) is 86.3 cm³/mol. The van der Waals surface area contributed by atoms with E-state index in [1.54, 1.807) is 17.8 Å². The van der Waals surface area contributed by atoms with Crippen molar-refractivity contribution >= 4 is 21.8 Å². The quantitative estimate of drug-likeness (QED) is 0.676. The first kappa shape index (κ1) is 18.3. The number of hydrogen-bond acceptors (Lipinski definition) is 5. The van der Waals surface area contributed by atoms with Crippen molar-refractivity contribution in [1.29, 1.82) is 0 Å². The van der Waals surface area contributed by atoms with E-state index in [4.69, 9.17) is 4.74 Å². The molecule has 0 radical (unpaired) electrons. The first-order valence-corrected chi connectivity index (χ1v) is 9.46. The van der Waals surface area contributed by atoms with Gasteiger partial charge in [-0.3, -0.25) is 0 Å². The van der Waals surface area contributed by atoms with Crippen LogP contribution in [0.15, 0.2) is 23.1 Å². The minimum absolute atomic E-state index is 0.131. The summed E-state index contributed by atoms with van der Waals surface area (Å²) in [6.45, 7) is 3.66. The fourth-order valence-corrected chi connectivity index (χ4v) is 3.98. The molecule has 0 bridgehead atoms. The Kier molecular flexibility index (Phi) is 7.51. The van der Waals surface area contributed by atoms with E-state index in [9.17, 15) is 13.5 Å². The van der Waals surface area contributed by atoms with Crippen LogP contribution < -0.4 is 9.46 Å². The normalized spacial score (nSPS) is 13.1. The maximum Gasteiger partial charge on any atom is 0.240 e. The first-order valence-electron chi connectivity index (χ1n) is 6.82. The third-order valence-electron chi connectivity index (χ3n) is 2.99. The zero-order valence-electron chi connectivity index (χ0n) is 12.6. The van der Waals surface area contributed by atoms with E-state index in [0.29, 0.717) is 11.3 Å². The zero-order valence-corrected chi connectivity index (χ0v) is 14.3. The Morgan fingerprint density at radius 3 is 2.71 bits per heavy atom. The van der Waals surface area contributed by atoms with Gasteiger partial charge in [-0.15, -0.1) is 0 Å². The molecule has 1 aromatic carbocycles. The van der Waals surface area contributed by atoms with Gasteiger partial charge in [0.05, 0.1) is 18.6 Å². The lowest BCUT2D eigenvalue weighted by atomic mass is 10.2. The number of hydrogen-bond donors (Lipinski definition) is 2. The molecule has 0 aromatic heterocycles. The van der Waals surface area contributed by atoms with Crippen molar-refractivity contribution in [2.75, 3.05) is 18.6 Å². The lowest BCUT2D eigenvalue weighted by Gasteiger charge is -2.15. The molecule has 2 N–H and O–H groups in total. The summed E-state index contributed by atoms with van der Waals surface area (Å²) in [4.78, 5) is 0.141. The average Bonchev–Trinajstić information content (AvgIpc) is 2.46. The molecule has 1 unspecified atom stereocenters. The molecule has 21 heavy (non-hydrogen) atoms. The van der Waals surface area contributed by atoms with Crippen molar-refractivity contribution in [3.63, 3.8) is 0 Å². The van der Waals surface area contributed by atoms with Gasteiger partial charge in [-0.1, -0.05) is 6.92 Å². The third kappa shape index (κ3) is 5.50. The van der Waals surface area contributed by atoms with Crippen LogP contribution in [0.3, 0.4) is 0 Å². The second kappa shape index (κ2) is 8.63. The fourth-order valence-electron chi connectivity index (χ4n) is 1.84. The van der Waals surface area contributed by atoms with E-state index >= 15 is 0 Å². The summed E-state index contributed by atoms with van der Waals surface area (Å²) in [7, 11) is -2.10. The second-order valence-electron chi connectivity index (χ2n) is 4.64.